The van der Waals surface area contributed by atoms with Gasteiger partial charge in [-0.2, -0.15) is 0 Å². The van der Waals surface area contributed by atoms with E-state index in [2.05, 4.69) is 25.9 Å². The van der Waals surface area contributed by atoms with Crippen LogP contribution in [0.15, 0.2) is 28.9 Å². The number of aromatic nitrogens is 2. The molecule has 0 spiro atoms. The Hall–Kier alpha value is -1.82. The third-order valence-corrected chi connectivity index (χ3v) is 2.89. The van der Waals surface area contributed by atoms with Gasteiger partial charge < -0.3 is 14.8 Å². The Morgan fingerprint density at radius 2 is 2.33 bits per heavy atom. The number of aromatic amines is 1. The number of imidazole rings is 1. The summed E-state index contributed by atoms with van der Waals surface area (Å²) < 4.78 is 6.17. The molecule has 0 aliphatic rings. The van der Waals surface area contributed by atoms with Gasteiger partial charge in [-0.3, -0.25) is 4.79 Å². The predicted octanol–water partition coefficient (Wildman–Crippen LogP) is 2.47. The smallest absolute Gasteiger partial charge is 0.311 e. The largest absolute Gasteiger partial charge is 0.496 e. The van der Waals surface area contributed by atoms with E-state index < -0.39 is 5.97 Å². The summed E-state index contributed by atoms with van der Waals surface area (Å²) in [4.78, 5) is 17.6. The van der Waals surface area contributed by atoms with Crippen LogP contribution in [0.3, 0.4) is 0 Å². The molecule has 94 valence electrons. The number of nitrogens with zero attached hydrogens (tertiary/aromatic N) is 1. The topological polar surface area (TPSA) is 75.2 Å². The molecule has 0 radical (unpaired) electrons. The number of carboxylic acid groups (broad SMARTS) is 1. The number of ether oxygens (including phenoxy) is 1. The summed E-state index contributed by atoms with van der Waals surface area (Å²) in [6.07, 6.45) is 1.47. The summed E-state index contributed by atoms with van der Waals surface area (Å²) in [5.74, 6) is 0.195. The maximum Gasteiger partial charge on any atom is 0.311 e. The molecule has 0 fully saturated rings. The predicted molar refractivity (Wildman–Crippen MR) is 69.6 cm³/mol. The van der Waals surface area contributed by atoms with Gasteiger partial charge in [0, 0.05) is 10.0 Å². The standard InChI is InChI=1S/C12H11BrN2O3/c1-18-10-3-2-7(13)4-8(10)9-6-14-11(15-9)5-12(16)17/h2-4,6H,5H2,1H3,(H,14,15)(H,16,17). The van der Waals surface area contributed by atoms with Crippen LogP contribution < -0.4 is 4.74 Å². The first-order valence-electron chi connectivity index (χ1n) is 5.19. The van der Waals surface area contributed by atoms with Crippen LogP contribution in [-0.4, -0.2) is 28.2 Å². The number of benzene rings is 1. The lowest BCUT2D eigenvalue weighted by molar-refractivity contribution is -0.136. The molecule has 2 rings (SSSR count). The van der Waals surface area contributed by atoms with Gasteiger partial charge in [-0.1, -0.05) is 15.9 Å². The van der Waals surface area contributed by atoms with Gasteiger partial charge in [0.05, 0.1) is 19.0 Å². The molecule has 0 aliphatic heterocycles. The van der Waals surface area contributed by atoms with E-state index in [1.807, 2.05) is 18.2 Å². The number of nitrogens with one attached hydrogen (secondary N) is 1. The van der Waals surface area contributed by atoms with E-state index in [1.165, 1.54) is 0 Å². The second-order valence-corrected chi connectivity index (χ2v) is 4.57. The van der Waals surface area contributed by atoms with Gasteiger partial charge in [-0.05, 0) is 18.2 Å². The molecule has 0 atom stereocenters. The first-order valence-corrected chi connectivity index (χ1v) is 5.99. The molecule has 0 unspecified atom stereocenters. The molecular weight excluding hydrogens is 300 g/mol. The van der Waals surface area contributed by atoms with Crippen LogP contribution in [-0.2, 0) is 11.2 Å². The van der Waals surface area contributed by atoms with E-state index in [4.69, 9.17) is 9.84 Å². The highest BCUT2D eigenvalue weighted by Gasteiger charge is 2.11. The number of methoxy groups -OCH3 is 1. The second-order valence-electron chi connectivity index (χ2n) is 3.66. The maximum atomic E-state index is 10.6. The van der Waals surface area contributed by atoms with Gasteiger partial charge in [-0.15, -0.1) is 0 Å². The molecule has 0 saturated heterocycles. The minimum atomic E-state index is -0.919. The zero-order valence-corrected chi connectivity index (χ0v) is 11.2. The van der Waals surface area contributed by atoms with E-state index in [0.29, 0.717) is 11.6 Å². The summed E-state index contributed by atoms with van der Waals surface area (Å²) in [6.45, 7) is 0. The second kappa shape index (κ2) is 5.22. The highest BCUT2D eigenvalue weighted by atomic mass is 79.9. The Kier molecular flexibility index (Phi) is 3.66. The van der Waals surface area contributed by atoms with Gasteiger partial charge in [0.25, 0.3) is 0 Å². The van der Waals surface area contributed by atoms with Crippen molar-refractivity contribution in [1.29, 1.82) is 0 Å². The van der Waals surface area contributed by atoms with Crippen molar-refractivity contribution < 1.29 is 14.6 Å². The fourth-order valence-electron chi connectivity index (χ4n) is 1.62. The Balaban J connectivity index is 2.38. The monoisotopic (exact) mass is 310 g/mol. The van der Waals surface area contributed by atoms with E-state index in [-0.39, 0.29) is 6.42 Å². The first-order chi connectivity index (χ1) is 8.60. The lowest BCUT2D eigenvalue weighted by atomic mass is 10.1. The number of aliphatic carboxylic acids is 1. The minimum absolute atomic E-state index is 0.129. The van der Waals surface area contributed by atoms with Crippen molar-refractivity contribution in [2.24, 2.45) is 0 Å². The van der Waals surface area contributed by atoms with Gasteiger partial charge in [0.15, 0.2) is 0 Å². The first kappa shape index (κ1) is 12.6. The minimum Gasteiger partial charge on any atom is -0.496 e. The van der Waals surface area contributed by atoms with Crippen LogP contribution in [0.5, 0.6) is 5.75 Å². The van der Waals surface area contributed by atoms with E-state index in [0.717, 1.165) is 15.7 Å². The fraction of sp³-hybridized carbons (Fsp3) is 0.167. The summed E-state index contributed by atoms with van der Waals surface area (Å²) in [6, 6.07) is 5.59. The Labute approximate surface area is 112 Å². The molecule has 6 heteroatoms. The molecule has 1 aromatic heterocycles. The molecular formula is C12H11BrN2O3. The summed E-state index contributed by atoms with van der Waals surface area (Å²) in [5.41, 5.74) is 1.56. The lowest BCUT2D eigenvalue weighted by Gasteiger charge is -2.06. The summed E-state index contributed by atoms with van der Waals surface area (Å²) in [7, 11) is 1.58. The molecule has 0 amide bonds. The number of carbonyl (C=O) groups is 1. The molecule has 2 aromatic rings. The average Bonchev–Trinajstić information content (AvgIpc) is 2.76. The van der Waals surface area contributed by atoms with Gasteiger partial charge in [-0.25, -0.2) is 4.98 Å². The van der Waals surface area contributed by atoms with Crippen molar-refractivity contribution in [1.82, 2.24) is 9.97 Å². The van der Waals surface area contributed by atoms with Crippen LogP contribution in [0, 0.1) is 0 Å². The highest BCUT2D eigenvalue weighted by Crippen LogP contribution is 2.31. The Morgan fingerprint density at radius 3 is 3.00 bits per heavy atom. The van der Waals surface area contributed by atoms with Crippen molar-refractivity contribution in [3.05, 3.63) is 34.7 Å². The molecule has 2 N–H and O–H groups in total. The molecule has 18 heavy (non-hydrogen) atoms. The van der Waals surface area contributed by atoms with Crippen molar-refractivity contribution in [2.75, 3.05) is 7.11 Å². The average molecular weight is 311 g/mol. The fourth-order valence-corrected chi connectivity index (χ4v) is 1.98. The van der Waals surface area contributed by atoms with Crippen LogP contribution in [0.25, 0.3) is 11.3 Å². The molecule has 1 aromatic carbocycles. The van der Waals surface area contributed by atoms with Crippen molar-refractivity contribution in [3.63, 3.8) is 0 Å². The molecule has 0 saturated carbocycles. The van der Waals surface area contributed by atoms with Crippen LogP contribution in [0.1, 0.15) is 5.82 Å². The zero-order chi connectivity index (χ0) is 13.1. The number of rotatable bonds is 4. The zero-order valence-electron chi connectivity index (χ0n) is 9.61. The van der Waals surface area contributed by atoms with Gasteiger partial charge in [0.1, 0.15) is 18.0 Å². The quantitative estimate of drug-likeness (QED) is 0.909. The van der Waals surface area contributed by atoms with Gasteiger partial charge >= 0.3 is 5.97 Å². The van der Waals surface area contributed by atoms with Crippen LogP contribution >= 0.6 is 15.9 Å². The van der Waals surface area contributed by atoms with E-state index in [1.54, 1.807) is 13.3 Å². The van der Waals surface area contributed by atoms with E-state index >= 15 is 0 Å². The molecule has 0 bridgehead atoms. The number of halogens is 1. The number of hydrogen-bond donors (Lipinski definition) is 2. The third kappa shape index (κ3) is 2.70. The van der Waals surface area contributed by atoms with Crippen LogP contribution in [0.4, 0.5) is 0 Å². The maximum absolute atomic E-state index is 10.6. The Morgan fingerprint density at radius 1 is 1.56 bits per heavy atom. The van der Waals surface area contributed by atoms with Gasteiger partial charge in [0.2, 0.25) is 0 Å². The van der Waals surface area contributed by atoms with Crippen molar-refractivity contribution >= 4 is 21.9 Å². The lowest BCUT2D eigenvalue weighted by Crippen LogP contribution is -2.01. The molecule has 0 aliphatic carbocycles. The number of carboxylic acids is 1. The van der Waals surface area contributed by atoms with E-state index in [9.17, 15) is 4.79 Å². The highest BCUT2D eigenvalue weighted by molar-refractivity contribution is 9.10. The van der Waals surface area contributed by atoms with Crippen molar-refractivity contribution in [3.8, 4) is 17.0 Å². The summed E-state index contributed by atoms with van der Waals surface area (Å²) in [5, 5.41) is 8.70. The number of H-pyrrole nitrogens is 1. The molecule has 5 nitrogen and oxygen atoms in total. The Bertz CT molecular complexity index is 580. The SMILES string of the molecule is COc1ccc(Br)cc1-c1cnc(CC(=O)O)[nH]1. The van der Waals surface area contributed by atoms with Crippen LogP contribution in [0.2, 0.25) is 0 Å². The third-order valence-electron chi connectivity index (χ3n) is 2.40. The van der Waals surface area contributed by atoms with Crippen molar-refractivity contribution in [2.45, 2.75) is 6.42 Å². The molecule has 1 heterocycles. The number of hydrogen-bond acceptors (Lipinski definition) is 3. The summed E-state index contributed by atoms with van der Waals surface area (Å²) >= 11 is 3.39. The normalized spacial score (nSPS) is 10.3.